The highest BCUT2D eigenvalue weighted by Gasteiger charge is 1.93. The Morgan fingerprint density at radius 2 is 1.92 bits per heavy atom. The summed E-state index contributed by atoms with van der Waals surface area (Å²) < 4.78 is 0. The maximum atomic E-state index is 5.54. The van der Waals surface area contributed by atoms with Gasteiger partial charge in [0.25, 0.3) is 0 Å². The molecule has 0 bridgehead atoms. The molecule has 0 aliphatic carbocycles. The Kier molecular flexibility index (Phi) is 4.04. The van der Waals surface area contributed by atoms with E-state index in [0.717, 1.165) is 6.42 Å². The molecule has 13 heavy (non-hydrogen) atoms. The van der Waals surface area contributed by atoms with E-state index in [1.165, 1.54) is 16.7 Å². The molecule has 0 aliphatic rings. The molecule has 1 rings (SSSR count). The van der Waals surface area contributed by atoms with Gasteiger partial charge in [0.05, 0.1) is 0 Å². The van der Waals surface area contributed by atoms with Gasteiger partial charge in [-0.05, 0) is 37.0 Å². The molecule has 0 heterocycles. The highest BCUT2D eigenvalue weighted by atomic mass is 35.5. The van der Waals surface area contributed by atoms with Crippen LogP contribution in [0.2, 0.25) is 0 Å². The molecule has 0 fully saturated rings. The Hall–Kier alpha value is -0.750. The van der Waals surface area contributed by atoms with Crippen LogP contribution in [0.15, 0.2) is 30.4 Å². The fourth-order valence-electron chi connectivity index (χ4n) is 1.21. The summed E-state index contributed by atoms with van der Waals surface area (Å²) in [6.07, 6.45) is 5.07. The van der Waals surface area contributed by atoms with Crippen LogP contribution in [0.25, 0.3) is 0 Å². The molecule has 0 nitrogen and oxygen atoms in total. The summed E-state index contributed by atoms with van der Waals surface area (Å²) in [5, 5.41) is 0. The Labute approximate surface area is 85.2 Å². The van der Waals surface area contributed by atoms with Crippen molar-refractivity contribution in [2.45, 2.75) is 20.3 Å². The lowest BCUT2D eigenvalue weighted by molar-refractivity contribution is 1.22. The summed E-state index contributed by atoms with van der Waals surface area (Å²) in [4.78, 5) is 0. The van der Waals surface area contributed by atoms with Gasteiger partial charge in [-0.2, -0.15) is 0 Å². The minimum atomic E-state index is 0.602. The summed E-state index contributed by atoms with van der Waals surface area (Å²) in [6.45, 7) is 4.28. The van der Waals surface area contributed by atoms with Crippen molar-refractivity contribution < 1.29 is 0 Å². The normalized spacial score (nSPS) is 11.0. The number of benzene rings is 1. The number of hydrogen-bond donors (Lipinski definition) is 0. The second-order valence-electron chi connectivity index (χ2n) is 3.25. The molecule has 0 spiro atoms. The standard InChI is InChI=1S/C12H15Cl/c1-10-6-7-12(9-11(10)2)5-3-4-8-13/h3-4,6-7,9H,5,8H2,1-2H3/b4-3+. The van der Waals surface area contributed by atoms with Crippen LogP contribution in [-0.2, 0) is 6.42 Å². The van der Waals surface area contributed by atoms with Gasteiger partial charge in [0.15, 0.2) is 0 Å². The van der Waals surface area contributed by atoms with Crippen LogP contribution in [-0.4, -0.2) is 5.88 Å². The minimum Gasteiger partial charge on any atom is -0.122 e. The molecule has 0 amide bonds. The van der Waals surface area contributed by atoms with Crippen LogP contribution in [0.4, 0.5) is 0 Å². The molecule has 1 aromatic carbocycles. The molecule has 0 saturated heterocycles. The third-order valence-electron chi connectivity index (χ3n) is 2.18. The van der Waals surface area contributed by atoms with E-state index in [2.05, 4.69) is 38.1 Å². The highest BCUT2D eigenvalue weighted by molar-refractivity contribution is 6.18. The second kappa shape index (κ2) is 5.08. The van der Waals surface area contributed by atoms with E-state index in [9.17, 15) is 0 Å². The Morgan fingerprint density at radius 1 is 1.15 bits per heavy atom. The molecule has 0 saturated carbocycles. The number of aryl methyl sites for hydroxylation is 2. The predicted octanol–water partition coefficient (Wildman–Crippen LogP) is 3.64. The summed E-state index contributed by atoms with van der Waals surface area (Å²) >= 11 is 5.54. The SMILES string of the molecule is Cc1ccc(C/C=C/CCl)cc1C. The zero-order valence-corrected chi connectivity index (χ0v) is 8.93. The average molecular weight is 195 g/mol. The van der Waals surface area contributed by atoms with Crippen molar-refractivity contribution in [3.05, 3.63) is 47.0 Å². The zero-order chi connectivity index (χ0) is 9.68. The first-order valence-corrected chi connectivity index (χ1v) is 5.04. The number of alkyl halides is 1. The van der Waals surface area contributed by atoms with E-state index in [1.54, 1.807) is 0 Å². The van der Waals surface area contributed by atoms with Crippen molar-refractivity contribution in [2.75, 3.05) is 5.88 Å². The first kappa shape index (κ1) is 10.3. The largest absolute Gasteiger partial charge is 0.122 e. The molecular weight excluding hydrogens is 180 g/mol. The first-order valence-electron chi connectivity index (χ1n) is 4.51. The van der Waals surface area contributed by atoms with Crippen molar-refractivity contribution in [1.82, 2.24) is 0 Å². The van der Waals surface area contributed by atoms with Crippen molar-refractivity contribution in [3.63, 3.8) is 0 Å². The fraction of sp³-hybridized carbons (Fsp3) is 0.333. The molecule has 0 aliphatic heterocycles. The van der Waals surface area contributed by atoms with Crippen LogP contribution in [0.1, 0.15) is 16.7 Å². The quantitative estimate of drug-likeness (QED) is 0.509. The maximum Gasteiger partial charge on any atom is 0.0404 e. The monoisotopic (exact) mass is 194 g/mol. The van der Waals surface area contributed by atoms with Gasteiger partial charge in [-0.1, -0.05) is 30.4 Å². The maximum absolute atomic E-state index is 5.54. The molecule has 0 N–H and O–H groups in total. The molecule has 0 atom stereocenters. The number of halogens is 1. The molecule has 1 heteroatoms. The van der Waals surface area contributed by atoms with Crippen molar-refractivity contribution >= 4 is 11.6 Å². The lowest BCUT2D eigenvalue weighted by atomic mass is 10.0. The van der Waals surface area contributed by atoms with Crippen molar-refractivity contribution in [3.8, 4) is 0 Å². The van der Waals surface area contributed by atoms with Gasteiger partial charge in [-0.25, -0.2) is 0 Å². The van der Waals surface area contributed by atoms with Crippen LogP contribution in [0, 0.1) is 13.8 Å². The molecular formula is C12H15Cl. The predicted molar refractivity (Wildman–Crippen MR) is 59.5 cm³/mol. The van der Waals surface area contributed by atoms with Crippen LogP contribution in [0.3, 0.4) is 0 Å². The molecule has 0 aromatic heterocycles. The lowest BCUT2D eigenvalue weighted by Gasteiger charge is -2.02. The van der Waals surface area contributed by atoms with Crippen molar-refractivity contribution in [2.24, 2.45) is 0 Å². The van der Waals surface area contributed by atoms with Gasteiger partial charge in [0.2, 0.25) is 0 Å². The molecule has 1 aromatic rings. The average Bonchev–Trinajstić information content (AvgIpc) is 2.12. The van der Waals surface area contributed by atoms with Gasteiger partial charge in [-0.3, -0.25) is 0 Å². The van der Waals surface area contributed by atoms with Gasteiger partial charge < -0.3 is 0 Å². The highest BCUT2D eigenvalue weighted by Crippen LogP contribution is 2.10. The number of hydrogen-bond acceptors (Lipinski definition) is 0. The lowest BCUT2D eigenvalue weighted by Crippen LogP contribution is -1.85. The Bertz CT molecular complexity index is 300. The first-order chi connectivity index (χ1) is 6.24. The third kappa shape index (κ3) is 3.23. The summed E-state index contributed by atoms with van der Waals surface area (Å²) in [6, 6.07) is 6.56. The van der Waals surface area contributed by atoms with Crippen LogP contribution >= 0.6 is 11.6 Å². The zero-order valence-electron chi connectivity index (χ0n) is 8.18. The molecule has 0 radical (unpaired) electrons. The van der Waals surface area contributed by atoms with Crippen LogP contribution in [0.5, 0.6) is 0 Å². The third-order valence-corrected chi connectivity index (χ3v) is 2.36. The van der Waals surface area contributed by atoms with E-state index >= 15 is 0 Å². The molecule has 0 unspecified atom stereocenters. The number of allylic oxidation sites excluding steroid dienone is 2. The van der Waals surface area contributed by atoms with E-state index < -0.39 is 0 Å². The van der Waals surface area contributed by atoms with E-state index in [0.29, 0.717) is 5.88 Å². The van der Waals surface area contributed by atoms with Gasteiger partial charge in [-0.15, -0.1) is 11.6 Å². The number of rotatable bonds is 3. The molecule has 70 valence electrons. The van der Waals surface area contributed by atoms with E-state index in [1.807, 2.05) is 6.08 Å². The second-order valence-corrected chi connectivity index (χ2v) is 3.56. The smallest absolute Gasteiger partial charge is 0.0404 e. The fourth-order valence-corrected chi connectivity index (χ4v) is 1.34. The Balaban J connectivity index is 2.68. The van der Waals surface area contributed by atoms with E-state index in [4.69, 9.17) is 11.6 Å². The summed E-state index contributed by atoms with van der Waals surface area (Å²) in [5.74, 6) is 0.602. The Morgan fingerprint density at radius 3 is 2.54 bits per heavy atom. The van der Waals surface area contributed by atoms with Gasteiger partial charge in [0, 0.05) is 5.88 Å². The summed E-state index contributed by atoms with van der Waals surface area (Å²) in [5.41, 5.74) is 4.06. The van der Waals surface area contributed by atoms with Gasteiger partial charge in [0.1, 0.15) is 0 Å². The van der Waals surface area contributed by atoms with Crippen LogP contribution < -0.4 is 0 Å². The van der Waals surface area contributed by atoms with Crippen molar-refractivity contribution in [1.29, 1.82) is 0 Å². The van der Waals surface area contributed by atoms with E-state index in [-0.39, 0.29) is 0 Å². The van der Waals surface area contributed by atoms with Gasteiger partial charge >= 0.3 is 0 Å². The topological polar surface area (TPSA) is 0 Å². The minimum absolute atomic E-state index is 0.602. The summed E-state index contributed by atoms with van der Waals surface area (Å²) in [7, 11) is 0.